The smallest absolute Gasteiger partial charge is 0.119 e. The lowest BCUT2D eigenvalue weighted by Gasteiger charge is -2.34. The fourth-order valence-electron chi connectivity index (χ4n) is 3.36. The van der Waals surface area contributed by atoms with Gasteiger partial charge in [-0.3, -0.25) is 0 Å². The molecule has 0 radical (unpaired) electrons. The summed E-state index contributed by atoms with van der Waals surface area (Å²) in [6, 6.07) is 16.8. The Labute approximate surface area is 144 Å². The zero-order valence-electron chi connectivity index (χ0n) is 14.6. The average Bonchev–Trinajstić information content (AvgIpc) is 2.63. The van der Waals surface area contributed by atoms with E-state index < -0.39 is 0 Å². The minimum atomic E-state index is 0.0584. The van der Waals surface area contributed by atoms with Crippen molar-refractivity contribution in [3.8, 4) is 16.9 Å². The van der Waals surface area contributed by atoms with Crippen LogP contribution in [0, 0.1) is 0 Å². The summed E-state index contributed by atoms with van der Waals surface area (Å²) in [5.41, 5.74) is 3.14. The van der Waals surface area contributed by atoms with Crippen molar-refractivity contribution in [1.82, 2.24) is 4.90 Å². The van der Waals surface area contributed by atoms with Crippen LogP contribution in [0.3, 0.4) is 0 Å². The number of nitrogens with zero attached hydrogens (tertiary/aromatic N) is 1. The molecule has 0 spiro atoms. The van der Waals surface area contributed by atoms with E-state index in [1.54, 1.807) is 0 Å². The van der Waals surface area contributed by atoms with Crippen LogP contribution in [0.15, 0.2) is 48.5 Å². The fraction of sp³-hybridized carbons (Fsp3) is 0.429. The first-order chi connectivity index (χ1) is 11.7. The molecule has 0 aromatic heterocycles. The third kappa shape index (κ3) is 3.97. The number of rotatable bonds is 5. The molecule has 2 aromatic rings. The summed E-state index contributed by atoms with van der Waals surface area (Å²) < 4.78 is 6.15. The molecule has 0 bridgehead atoms. The van der Waals surface area contributed by atoms with Crippen molar-refractivity contribution >= 4 is 0 Å². The predicted octanol–water partition coefficient (Wildman–Crippen LogP) is 4.10. The average molecular weight is 325 g/mol. The van der Waals surface area contributed by atoms with Gasteiger partial charge in [-0.2, -0.15) is 0 Å². The highest BCUT2D eigenvalue weighted by atomic mass is 16.5. The maximum absolute atomic E-state index is 9.48. The summed E-state index contributed by atoms with van der Waals surface area (Å²) in [5, 5.41) is 9.48. The van der Waals surface area contributed by atoms with E-state index in [1.165, 1.54) is 0 Å². The van der Waals surface area contributed by atoms with Gasteiger partial charge in [0.2, 0.25) is 0 Å². The maximum atomic E-state index is 9.48. The van der Waals surface area contributed by atoms with E-state index in [9.17, 15) is 5.11 Å². The van der Waals surface area contributed by atoms with Gasteiger partial charge in [-0.15, -0.1) is 0 Å². The highest BCUT2D eigenvalue weighted by Gasteiger charge is 2.21. The molecule has 1 aliphatic rings. The van der Waals surface area contributed by atoms with Gasteiger partial charge in [0.05, 0.1) is 6.61 Å². The number of likely N-dealkylation sites (tertiary alicyclic amines) is 1. The Balaban J connectivity index is 1.63. The summed E-state index contributed by atoms with van der Waals surface area (Å²) in [7, 11) is 0. The van der Waals surface area contributed by atoms with Crippen LogP contribution in [0.5, 0.6) is 5.75 Å². The van der Waals surface area contributed by atoms with Crippen LogP contribution in [0.1, 0.15) is 32.3 Å². The molecule has 128 valence electrons. The zero-order chi connectivity index (χ0) is 16.9. The minimum absolute atomic E-state index is 0.0584. The molecular formula is C21H27NO2. The van der Waals surface area contributed by atoms with Gasteiger partial charge in [-0.1, -0.05) is 36.4 Å². The number of benzene rings is 2. The molecule has 0 unspecified atom stereocenters. The van der Waals surface area contributed by atoms with Gasteiger partial charge in [-0.05, 0) is 55.5 Å². The van der Waals surface area contributed by atoms with E-state index >= 15 is 0 Å². The normalized spacial score (nSPS) is 16.5. The van der Waals surface area contributed by atoms with Crippen LogP contribution in [0.2, 0.25) is 0 Å². The van der Waals surface area contributed by atoms with E-state index in [0.29, 0.717) is 12.1 Å². The highest BCUT2D eigenvalue weighted by Crippen LogP contribution is 2.27. The van der Waals surface area contributed by atoms with Crippen molar-refractivity contribution in [2.24, 2.45) is 0 Å². The van der Waals surface area contributed by atoms with Gasteiger partial charge in [-0.25, -0.2) is 0 Å². The molecule has 2 aromatic carbocycles. The number of ether oxygens (including phenoxy) is 1. The first-order valence-corrected chi connectivity index (χ1v) is 8.87. The Morgan fingerprint density at radius 3 is 2.33 bits per heavy atom. The molecule has 1 heterocycles. The van der Waals surface area contributed by atoms with Crippen LogP contribution in [-0.2, 0) is 6.61 Å². The summed E-state index contributed by atoms with van der Waals surface area (Å²) in [4.78, 5) is 2.51. The Morgan fingerprint density at radius 2 is 1.71 bits per heavy atom. The predicted molar refractivity (Wildman–Crippen MR) is 98.2 cm³/mol. The second kappa shape index (κ2) is 7.82. The van der Waals surface area contributed by atoms with Crippen molar-refractivity contribution < 1.29 is 9.84 Å². The van der Waals surface area contributed by atoms with Crippen LogP contribution in [0.4, 0.5) is 0 Å². The van der Waals surface area contributed by atoms with Crippen molar-refractivity contribution in [2.45, 2.75) is 45.4 Å². The van der Waals surface area contributed by atoms with Gasteiger partial charge < -0.3 is 14.7 Å². The SMILES string of the molecule is CC(C)N1CCC(Oc2ccc(-c3ccccc3CO)cc2)CC1. The monoisotopic (exact) mass is 325 g/mol. The van der Waals surface area contributed by atoms with Crippen molar-refractivity contribution in [2.75, 3.05) is 13.1 Å². The molecule has 1 aliphatic heterocycles. The summed E-state index contributed by atoms with van der Waals surface area (Å²) in [6.07, 6.45) is 2.50. The van der Waals surface area contributed by atoms with E-state index in [-0.39, 0.29) is 6.61 Å². The lowest BCUT2D eigenvalue weighted by molar-refractivity contribution is 0.0843. The number of hydrogen-bond donors (Lipinski definition) is 1. The van der Waals surface area contributed by atoms with Gasteiger partial charge in [0.15, 0.2) is 0 Å². The zero-order valence-corrected chi connectivity index (χ0v) is 14.6. The molecule has 0 aliphatic carbocycles. The molecule has 0 saturated carbocycles. The maximum Gasteiger partial charge on any atom is 0.119 e. The van der Waals surface area contributed by atoms with Crippen molar-refractivity contribution in [3.63, 3.8) is 0 Å². The molecule has 3 heteroatoms. The summed E-state index contributed by atoms with van der Waals surface area (Å²) in [5.74, 6) is 0.934. The number of hydrogen-bond acceptors (Lipinski definition) is 3. The molecular weight excluding hydrogens is 298 g/mol. The van der Waals surface area contributed by atoms with E-state index in [1.807, 2.05) is 36.4 Å². The molecule has 1 N–H and O–H groups in total. The quantitative estimate of drug-likeness (QED) is 0.898. The Bertz CT molecular complexity index is 643. The number of aliphatic hydroxyl groups is 1. The molecule has 0 amide bonds. The van der Waals surface area contributed by atoms with Crippen LogP contribution >= 0.6 is 0 Å². The van der Waals surface area contributed by atoms with Gasteiger partial charge >= 0.3 is 0 Å². The third-order valence-electron chi connectivity index (χ3n) is 4.86. The third-order valence-corrected chi connectivity index (χ3v) is 4.86. The van der Waals surface area contributed by atoms with E-state index in [0.717, 1.165) is 48.4 Å². The molecule has 1 fully saturated rings. The first kappa shape index (κ1) is 17.0. The summed E-state index contributed by atoms with van der Waals surface area (Å²) >= 11 is 0. The molecule has 3 nitrogen and oxygen atoms in total. The molecule has 24 heavy (non-hydrogen) atoms. The lowest BCUT2D eigenvalue weighted by Crippen LogP contribution is -2.41. The first-order valence-electron chi connectivity index (χ1n) is 8.87. The Morgan fingerprint density at radius 1 is 1.04 bits per heavy atom. The second-order valence-corrected chi connectivity index (χ2v) is 6.79. The number of aliphatic hydroxyl groups excluding tert-OH is 1. The molecule has 0 atom stereocenters. The van der Waals surface area contributed by atoms with Crippen molar-refractivity contribution in [1.29, 1.82) is 0 Å². The molecule has 3 rings (SSSR count). The molecule has 1 saturated heterocycles. The van der Waals surface area contributed by atoms with E-state index in [2.05, 4.69) is 30.9 Å². The second-order valence-electron chi connectivity index (χ2n) is 6.79. The van der Waals surface area contributed by atoms with Crippen LogP contribution in [-0.4, -0.2) is 35.2 Å². The van der Waals surface area contributed by atoms with Crippen LogP contribution < -0.4 is 4.74 Å². The van der Waals surface area contributed by atoms with Crippen LogP contribution in [0.25, 0.3) is 11.1 Å². The van der Waals surface area contributed by atoms with Gasteiger partial charge in [0, 0.05) is 19.1 Å². The number of piperidine rings is 1. The van der Waals surface area contributed by atoms with E-state index in [4.69, 9.17) is 4.74 Å². The fourth-order valence-corrected chi connectivity index (χ4v) is 3.36. The topological polar surface area (TPSA) is 32.7 Å². The highest BCUT2D eigenvalue weighted by molar-refractivity contribution is 5.67. The van der Waals surface area contributed by atoms with Gasteiger partial charge in [0.25, 0.3) is 0 Å². The minimum Gasteiger partial charge on any atom is -0.490 e. The Hall–Kier alpha value is -1.84. The summed E-state index contributed by atoms with van der Waals surface area (Å²) in [6.45, 7) is 6.80. The lowest BCUT2D eigenvalue weighted by atomic mass is 10.00. The van der Waals surface area contributed by atoms with Gasteiger partial charge in [0.1, 0.15) is 11.9 Å². The largest absolute Gasteiger partial charge is 0.490 e. The van der Waals surface area contributed by atoms with Crippen molar-refractivity contribution in [3.05, 3.63) is 54.1 Å². The Kier molecular flexibility index (Phi) is 5.54. The standard InChI is InChI=1S/C21H27NO2/c1-16(2)22-13-11-20(12-14-22)24-19-9-7-17(8-10-19)21-6-4-3-5-18(21)15-23/h3-10,16,20,23H,11-15H2,1-2H3.